The van der Waals surface area contributed by atoms with E-state index in [0.717, 1.165) is 24.8 Å². The molecular formula is C17H22O4. The summed E-state index contributed by atoms with van der Waals surface area (Å²) in [6.07, 6.45) is 4.93. The zero-order chi connectivity index (χ0) is 15.0. The number of aliphatic hydroxyl groups is 1. The van der Waals surface area contributed by atoms with Gasteiger partial charge < -0.3 is 19.7 Å². The van der Waals surface area contributed by atoms with Crippen LogP contribution in [0.1, 0.15) is 24.0 Å². The quantitative estimate of drug-likeness (QED) is 0.878. The van der Waals surface area contributed by atoms with Crippen LogP contribution in [0, 0.1) is 11.8 Å². The molecule has 0 aliphatic heterocycles. The number of hydrogen-bond donors (Lipinski definition) is 2. The van der Waals surface area contributed by atoms with Crippen molar-refractivity contribution in [1.82, 2.24) is 0 Å². The van der Waals surface area contributed by atoms with Crippen LogP contribution in [0.5, 0.6) is 11.5 Å². The van der Waals surface area contributed by atoms with Crippen LogP contribution in [0.2, 0.25) is 0 Å². The van der Waals surface area contributed by atoms with E-state index in [1.807, 2.05) is 12.1 Å². The predicted molar refractivity (Wildman–Crippen MR) is 79.4 cm³/mol. The van der Waals surface area contributed by atoms with Gasteiger partial charge in [0.25, 0.3) is 0 Å². The molecule has 4 nitrogen and oxygen atoms in total. The lowest BCUT2D eigenvalue weighted by atomic mass is 9.78. The van der Waals surface area contributed by atoms with Gasteiger partial charge in [0.1, 0.15) is 11.9 Å². The topological polar surface area (TPSA) is 58.9 Å². The third-order valence-electron chi connectivity index (χ3n) is 4.85. The Morgan fingerprint density at radius 3 is 2.71 bits per heavy atom. The first-order valence-corrected chi connectivity index (χ1v) is 7.45. The molecule has 3 atom stereocenters. The average molecular weight is 290 g/mol. The predicted octanol–water partition coefficient (Wildman–Crippen LogP) is 2.42. The van der Waals surface area contributed by atoms with Crippen molar-refractivity contribution in [1.29, 1.82) is 0 Å². The highest BCUT2D eigenvalue weighted by Crippen LogP contribution is 2.42. The van der Waals surface area contributed by atoms with Gasteiger partial charge in [0.15, 0.2) is 11.5 Å². The van der Waals surface area contributed by atoms with E-state index < -0.39 is 6.10 Å². The second kappa shape index (κ2) is 5.60. The third-order valence-corrected chi connectivity index (χ3v) is 4.85. The SMILES string of the molecule is COC1=CC2CCc3ccc(OC)c(O)c3CC2CC1O. The maximum atomic E-state index is 10.4. The Labute approximate surface area is 125 Å². The normalized spacial score (nSPS) is 28.0. The minimum atomic E-state index is -0.537. The van der Waals surface area contributed by atoms with Crippen molar-refractivity contribution in [3.63, 3.8) is 0 Å². The molecule has 0 bridgehead atoms. The van der Waals surface area contributed by atoms with Crippen molar-refractivity contribution >= 4 is 0 Å². The maximum Gasteiger partial charge on any atom is 0.161 e. The van der Waals surface area contributed by atoms with Crippen LogP contribution >= 0.6 is 0 Å². The summed E-state index contributed by atoms with van der Waals surface area (Å²) in [5, 5.41) is 20.5. The lowest BCUT2D eigenvalue weighted by Gasteiger charge is -2.31. The molecule has 1 aromatic rings. The molecule has 3 rings (SSSR count). The number of ether oxygens (including phenoxy) is 2. The molecule has 0 saturated heterocycles. The number of aliphatic hydroxyl groups excluding tert-OH is 1. The van der Waals surface area contributed by atoms with Crippen molar-refractivity contribution in [3.05, 3.63) is 35.1 Å². The van der Waals surface area contributed by atoms with Crippen molar-refractivity contribution in [3.8, 4) is 11.5 Å². The fourth-order valence-electron chi connectivity index (χ4n) is 3.66. The van der Waals surface area contributed by atoms with E-state index in [-0.39, 0.29) is 5.75 Å². The van der Waals surface area contributed by atoms with Crippen LogP contribution in [-0.4, -0.2) is 30.5 Å². The molecule has 0 saturated carbocycles. The molecule has 0 radical (unpaired) electrons. The van der Waals surface area contributed by atoms with Gasteiger partial charge in [-0.3, -0.25) is 0 Å². The third kappa shape index (κ3) is 2.48. The fraction of sp³-hybridized carbons (Fsp3) is 0.529. The number of phenolic OH excluding ortho intramolecular Hbond substituents is 1. The van der Waals surface area contributed by atoms with Crippen LogP contribution in [0.25, 0.3) is 0 Å². The van der Waals surface area contributed by atoms with Gasteiger partial charge in [-0.25, -0.2) is 0 Å². The molecular weight excluding hydrogens is 268 g/mol. The lowest BCUT2D eigenvalue weighted by molar-refractivity contribution is 0.0807. The number of aryl methyl sites for hydroxylation is 1. The standard InChI is InChI=1S/C17H22O4/c1-20-15-6-5-10-3-4-11-9-16(21-2)14(18)8-12(11)7-13(10)17(15)19/h5-6,9,11-12,14,18-19H,3-4,7-8H2,1-2H3. The summed E-state index contributed by atoms with van der Waals surface area (Å²) >= 11 is 0. The molecule has 0 heterocycles. The van der Waals surface area contributed by atoms with E-state index in [1.165, 1.54) is 5.56 Å². The molecule has 0 aromatic heterocycles. The molecule has 0 fully saturated rings. The largest absolute Gasteiger partial charge is 0.504 e. The number of allylic oxidation sites excluding steroid dienone is 1. The molecule has 2 aliphatic carbocycles. The number of phenols is 1. The minimum absolute atomic E-state index is 0.256. The van der Waals surface area contributed by atoms with Crippen molar-refractivity contribution < 1.29 is 19.7 Å². The zero-order valence-corrected chi connectivity index (χ0v) is 12.5. The van der Waals surface area contributed by atoms with Crippen LogP contribution in [0.3, 0.4) is 0 Å². The smallest absolute Gasteiger partial charge is 0.161 e. The van der Waals surface area contributed by atoms with E-state index in [4.69, 9.17) is 9.47 Å². The molecule has 4 heteroatoms. The molecule has 21 heavy (non-hydrogen) atoms. The monoisotopic (exact) mass is 290 g/mol. The molecule has 1 aromatic carbocycles. The van der Waals surface area contributed by atoms with Crippen molar-refractivity contribution in [2.45, 2.75) is 31.8 Å². The highest BCUT2D eigenvalue weighted by Gasteiger charge is 2.34. The molecule has 2 N–H and O–H groups in total. The Balaban J connectivity index is 1.95. The summed E-state index contributed by atoms with van der Waals surface area (Å²) in [5.41, 5.74) is 2.16. The minimum Gasteiger partial charge on any atom is -0.504 e. The molecule has 0 spiro atoms. The van der Waals surface area contributed by atoms with E-state index in [9.17, 15) is 10.2 Å². The molecule has 0 amide bonds. The van der Waals surface area contributed by atoms with E-state index in [1.54, 1.807) is 14.2 Å². The highest BCUT2D eigenvalue weighted by molar-refractivity contribution is 5.50. The Hall–Kier alpha value is -1.68. The van der Waals surface area contributed by atoms with Crippen LogP contribution in [0.15, 0.2) is 24.0 Å². The van der Waals surface area contributed by atoms with Gasteiger partial charge in [0.2, 0.25) is 0 Å². The van der Waals surface area contributed by atoms with Crippen LogP contribution in [0.4, 0.5) is 0 Å². The van der Waals surface area contributed by atoms with Crippen molar-refractivity contribution in [2.24, 2.45) is 11.8 Å². The average Bonchev–Trinajstić information content (AvgIpc) is 2.66. The van der Waals surface area contributed by atoms with Gasteiger partial charge in [0.05, 0.1) is 14.2 Å². The van der Waals surface area contributed by atoms with E-state index in [2.05, 4.69) is 6.08 Å². The number of hydrogen-bond acceptors (Lipinski definition) is 4. The second-order valence-corrected chi connectivity index (χ2v) is 5.95. The first-order chi connectivity index (χ1) is 10.1. The van der Waals surface area contributed by atoms with Gasteiger partial charge in [-0.05, 0) is 55.2 Å². The molecule has 114 valence electrons. The number of rotatable bonds is 2. The number of fused-ring (bicyclic) bond motifs is 2. The maximum absolute atomic E-state index is 10.4. The summed E-state index contributed by atoms with van der Waals surface area (Å²) in [5.74, 6) is 2.19. The first kappa shape index (κ1) is 14.3. The van der Waals surface area contributed by atoms with E-state index in [0.29, 0.717) is 29.8 Å². The van der Waals surface area contributed by atoms with Gasteiger partial charge in [-0.1, -0.05) is 6.07 Å². The Bertz CT molecular complexity index is 564. The summed E-state index contributed by atoms with van der Waals surface area (Å²) in [7, 11) is 3.18. The Morgan fingerprint density at radius 1 is 1.19 bits per heavy atom. The highest BCUT2D eigenvalue weighted by atomic mass is 16.5. The lowest BCUT2D eigenvalue weighted by Crippen LogP contribution is -2.28. The zero-order valence-electron chi connectivity index (χ0n) is 12.5. The van der Waals surface area contributed by atoms with Crippen molar-refractivity contribution in [2.75, 3.05) is 14.2 Å². The number of benzene rings is 1. The molecule has 2 aliphatic rings. The summed E-state index contributed by atoms with van der Waals surface area (Å²) in [6, 6.07) is 3.87. The summed E-state index contributed by atoms with van der Waals surface area (Å²) in [4.78, 5) is 0. The number of aromatic hydroxyl groups is 1. The Kier molecular flexibility index (Phi) is 3.81. The number of methoxy groups -OCH3 is 2. The first-order valence-electron chi connectivity index (χ1n) is 7.45. The van der Waals surface area contributed by atoms with Gasteiger partial charge in [-0.2, -0.15) is 0 Å². The second-order valence-electron chi connectivity index (χ2n) is 5.95. The summed E-state index contributed by atoms with van der Waals surface area (Å²) in [6.45, 7) is 0. The van der Waals surface area contributed by atoms with Crippen LogP contribution in [-0.2, 0) is 17.6 Å². The fourth-order valence-corrected chi connectivity index (χ4v) is 3.66. The summed E-state index contributed by atoms with van der Waals surface area (Å²) < 4.78 is 10.5. The van der Waals surface area contributed by atoms with E-state index >= 15 is 0 Å². The van der Waals surface area contributed by atoms with Gasteiger partial charge in [0, 0.05) is 5.56 Å². The molecule has 3 unspecified atom stereocenters. The van der Waals surface area contributed by atoms with Crippen LogP contribution < -0.4 is 4.74 Å². The van der Waals surface area contributed by atoms with Gasteiger partial charge in [-0.15, -0.1) is 0 Å². The Morgan fingerprint density at radius 2 is 2.00 bits per heavy atom. The van der Waals surface area contributed by atoms with Gasteiger partial charge >= 0.3 is 0 Å².